The SMILES string of the molecule is CC(C)CC(Nc1ccc(-c2ccc(C(C)(C)C)cc2)cc1)c1ccc(C(=O)O)cc1.COC(=O)c1ccc(C(CC(C)C)Nc2ccc(-c3ccc(C(C)(C)C)cc3)cc2)cc1. The van der Waals surface area contributed by atoms with Gasteiger partial charge in [-0.2, -0.15) is 0 Å². The zero-order valence-electron chi connectivity index (χ0n) is 39.3. The lowest BCUT2D eigenvalue weighted by atomic mass is 9.86. The maximum absolute atomic E-state index is 11.7. The van der Waals surface area contributed by atoms with Crippen molar-refractivity contribution in [1.29, 1.82) is 0 Å². The number of anilines is 2. The predicted octanol–water partition coefficient (Wildman–Crippen LogP) is 15.2. The maximum Gasteiger partial charge on any atom is 0.337 e. The molecule has 0 spiro atoms. The quantitative estimate of drug-likeness (QED) is 0.0947. The Morgan fingerprint density at radius 2 is 0.778 bits per heavy atom. The van der Waals surface area contributed by atoms with Gasteiger partial charge in [0, 0.05) is 11.4 Å². The molecule has 63 heavy (non-hydrogen) atoms. The summed E-state index contributed by atoms with van der Waals surface area (Å²) in [5.41, 5.74) is 13.1. The molecule has 6 nitrogen and oxygen atoms in total. The average Bonchev–Trinajstić information content (AvgIpc) is 3.26. The number of benzene rings is 6. The molecule has 0 bridgehead atoms. The summed E-state index contributed by atoms with van der Waals surface area (Å²) >= 11 is 0. The average molecular weight is 845 g/mol. The third kappa shape index (κ3) is 13.9. The van der Waals surface area contributed by atoms with Crippen LogP contribution < -0.4 is 10.6 Å². The predicted molar refractivity (Wildman–Crippen MR) is 264 cm³/mol. The molecule has 3 N–H and O–H groups in total. The summed E-state index contributed by atoms with van der Waals surface area (Å²) in [6, 6.07) is 49.9. The number of ether oxygens (including phenoxy) is 1. The number of aromatic carboxylic acids is 1. The molecule has 0 amide bonds. The van der Waals surface area contributed by atoms with Crippen LogP contribution in [0.25, 0.3) is 22.3 Å². The van der Waals surface area contributed by atoms with Crippen molar-refractivity contribution in [1.82, 2.24) is 0 Å². The van der Waals surface area contributed by atoms with Crippen molar-refractivity contribution >= 4 is 23.3 Å². The van der Waals surface area contributed by atoms with Crippen molar-refractivity contribution in [3.63, 3.8) is 0 Å². The number of carboxylic acid groups (broad SMARTS) is 1. The Morgan fingerprint density at radius 3 is 1.05 bits per heavy atom. The summed E-state index contributed by atoms with van der Waals surface area (Å²) < 4.78 is 4.81. The minimum absolute atomic E-state index is 0.125. The number of hydrogen-bond acceptors (Lipinski definition) is 5. The van der Waals surface area contributed by atoms with Gasteiger partial charge in [-0.15, -0.1) is 0 Å². The van der Waals surface area contributed by atoms with Gasteiger partial charge in [0.05, 0.1) is 30.3 Å². The normalized spacial score (nSPS) is 12.5. The lowest BCUT2D eigenvalue weighted by Crippen LogP contribution is -2.13. The van der Waals surface area contributed by atoms with Crippen molar-refractivity contribution in [2.45, 2.75) is 105 Å². The standard InChI is InChI=1S/C29H35NO2.C28H33NO2/c1-20(2)19-27(23-7-9-24(10-8-23)28(31)32-6)30-26-17-13-22(14-18-26)21-11-15-25(16-12-21)29(3,4)5;1-19(2)18-26(22-6-8-23(9-7-22)27(30)31)29-25-16-12-21(13-17-25)20-10-14-24(15-11-20)28(3,4)5/h7-18,20,27,30H,19H2,1-6H3;6-17,19,26,29H,18H2,1-5H3,(H,30,31). The zero-order chi connectivity index (χ0) is 45.9. The molecule has 0 saturated heterocycles. The second-order valence-corrected chi connectivity index (χ2v) is 19.5. The first-order chi connectivity index (χ1) is 29.8. The summed E-state index contributed by atoms with van der Waals surface area (Å²) in [7, 11) is 1.40. The first-order valence-electron chi connectivity index (χ1n) is 22.3. The minimum atomic E-state index is -0.897. The monoisotopic (exact) mass is 845 g/mol. The number of nitrogens with one attached hydrogen (secondary N) is 2. The van der Waals surface area contributed by atoms with Gasteiger partial charge in [-0.1, -0.05) is 166 Å². The first kappa shape index (κ1) is 47.9. The maximum atomic E-state index is 11.7. The smallest absolute Gasteiger partial charge is 0.337 e. The second kappa shape index (κ2) is 21.3. The van der Waals surface area contributed by atoms with E-state index in [1.807, 2.05) is 36.4 Å². The number of carbonyl (C=O) groups excluding carboxylic acids is 1. The van der Waals surface area contributed by atoms with Gasteiger partial charge in [-0.05, 0) is 129 Å². The molecule has 6 aromatic carbocycles. The molecule has 6 aromatic rings. The van der Waals surface area contributed by atoms with E-state index in [-0.39, 0.29) is 28.9 Å². The van der Waals surface area contributed by atoms with Gasteiger partial charge >= 0.3 is 11.9 Å². The number of hydrogen-bond donors (Lipinski definition) is 3. The molecular formula is C57H68N2O4. The molecule has 330 valence electrons. The number of methoxy groups -OCH3 is 1. The van der Waals surface area contributed by atoms with E-state index >= 15 is 0 Å². The van der Waals surface area contributed by atoms with Crippen molar-refractivity contribution in [3.05, 3.63) is 179 Å². The largest absolute Gasteiger partial charge is 0.478 e. The van der Waals surface area contributed by atoms with Crippen LogP contribution in [-0.4, -0.2) is 24.2 Å². The third-order valence-electron chi connectivity index (χ3n) is 11.3. The van der Waals surface area contributed by atoms with Crippen LogP contribution in [-0.2, 0) is 15.6 Å². The van der Waals surface area contributed by atoms with E-state index < -0.39 is 5.97 Å². The molecule has 0 fully saturated rings. The van der Waals surface area contributed by atoms with Crippen molar-refractivity contribution in [3.8, 4) is 22.3 Å². The van der Waals surface area contributed by atoms with Crippen LogP contribution in [0.5, 0.6) is 0 Å². The van der Waals surface area contributed by atoms with E-state index in [0.29, 0.717) is 23.0 Å². The van der Waals surface area contributed by atoms with Crippen molar-refractivity contribution < 1.29 is 19.4 Å². The summed E-state index contributed by atoms with van der Waals surface area (Å²) in [5, 5.41) is 16.5. The Bertz CT molecular complexity index is 2350. The lowest BCUT2D eigenvalue weighted by molar-refractivity contribution is 0.0599. The van der Waals surface area contributed by atoms with E-state index in [1.54, 1.807) is 12.1 Å². The summed E-state index contributed by atoms with van der Waals surface area (Å²) in [5.74, 6) is -0.160. The highest BCUT2D eigenvalue weighted by Gasteiger charge is 2.18. The van der Waals surface area contributed by atoms with E-state index in [9.17, 15) is 9.59 Å². The molecule has 6 heteroatoms. The van der Waals surface area contributed by atoms with Gasteiger partial charge < -0.3 is 20.5 Å². The third-order valence-corrected chi connectivity index (χ3v) is 11.3. The van der Waals surface area contributed by atoms with Gasteiger partial charge in [-0.25, -0.2) is 9.59 Å². The van der Waals surface area contributed by atoms with Gasteiger partial charge in [-0.3, -0.25) is 0 Å². The van der Waals surface area contributed by atoms with E-state index in [2.05, 4.69) is 177 Å². The van der Waals surface area contributed by atoms with Crippen LogP contribution in [0.2, 0.25) is 0 Å². The highest BCUT2D eigenvalue weighted by molar-refractivity contribution is 5.89. The Balaban J connectivity index is 0.000000238. The molecule has 0 aliphatic heterocycles. The molecule has 0 aliphatic rings. The van der Waals surface area contributed by atoms with Gasteiger partial charge in [0.1, 0.15) is 0 Å². The molecule has 0 aliphatic carbocycles. The van der Waals surface area contributed by atoms with Crippen LogP contribution >= 0.6 is 0 Å². The fraction of sp³-hybridized carbons (Fsp3) is 0.333. The molecule has 2 unspecified atom stereocenters. The Morgan fingerprint density at radius 1 is 0.476 bits per heavy atom. The number of carbonyl (C=O) groups is 2. The van der Waals surface area contributed by atoms with Crippen LogP contribution in [0.3, 0.4) is 0 Å². The zero-order valence-corrected chi connectivity index (χ0v) is 39.3. The Kier molecular flexibility index (Phi) is 16.2. The summed E-state index contributed by atoms with van der Waals surface area (Å²) in [6.07, 6.45) is 1.95. The molecule has 0 heterocycles. The van der Waals surface area contributed by atoms with Crippen molar-refractivity contribution in [2.24, 2.45) is 11.8 Å². The Labute approximate surface area is 377 Å². The molecule has 0 radical (unpaired) electrons. The summed E-state index contributed by atoms with van der Waals surface area (Å²) in [4.78, 5) is 22.9. The van der Waals surface area contributed by atoms with E-state index in [0.717, 1.165) is 35.3 Å². The fourth-order valence-electron chi connectivity index (χ4n) is 7.57. The first-order valence-corrected chi connectivity index (χ1v) is 22.3. The number of rotatable bonds is 14. The number of carboxylic acids is 1. The molecular weight excluding hydrogens is 777 g/mol. The van der Waals surface area contributed by atoms with Crippen LogP contribution in [0.4, 0.5) is 11.4 Å². The molecule has 2 atom stereocenters. The topological polar surface area (TPSA) is 87.7 Å². The van der Waals surface area contributed by atoms with E-state index in [1.165, 1.54) is 40.5 Å². The second-order valence-electron chi connectivity index (χ2n) is 19.5. The highest BCUT2D eigenvalue weighted by Crippen LogP contribution is 2.32. The van der Waals surface area contributed by atoms with Gasteiger partial charge in [0.25, 0.3) is 0 Å². The minimum Gasteiger partial charge on any atom is -0.478 e. The van der Waals surface area contributed by atoms with Crippen LogP contribution in [0.1, 0.15) is 137 Å². The van der Waals surface area contributed by atoms with Gasteiger partial charge in [0.2, 0.25) is 0 Å². The fourth-order valence-corrected chi connectivity index (χ4v) is 7.57. The van der Waals surface area contributed by atoms with Crippen LogP contribution in [0, 0.1) is 11.8 Å². The number of esters is 1. The van der Waals surface area contributed by atoms with Gasteiger partial charge in [0.15, 0.2) is 0 Å². The Hall–Kier alpha value is -6.14. The molecule has 0 aromatic heterocycles. The summed E-state index contributed by atoms with van der Waals surface area (Å²) in [6.45, 7) is 22.2. The molecule has 0 saturated carbocycles. The van der Waals surface area contributed by atoms with Crippen molar-refractivity contribution in [2.75, 3.05) is 17.7 Å². The molecule has 6 rings (SSSR count). The van der Waals surface area contributed by atoms with E-state index in [4.69, 9.17) is 9.84 Å². The van der Waals surface area contributed by atoms with Crippen LogP contribution in [0.15, 0.2) is 146 Å². The highest BCUT2D eigenvalue weighted by atomic mass is 16.5. The lowest BCUT2D eigenvalue weighted by Gasteiger charge is -2.23.